The molecule has 0 aromatic heterocycles. The molecule has 0 spiro atoms. The van der Waals surface area contributed by atoms with Crippen molar-refractivity contribution in [3.8, 4) is 11.5 Å². The predicted octanol–water partition coefficient (Wildman–Crippen LogP) is 5.26. The minimum atomic E-state index is -0.338. The van der Waals surface area contributed by atoms with Gasteiger partial charge in [0.15, 0.2) is 23.1 Å². The fraction of sp³-hybridized carbons (Fsp3) is 0.481. The first-order valence-corrected chi connectivity index (χ1v) is 11.8. The zero-order chi connectivity index (χ0) is 22.8. The van der Waals surface area contributed by atoms with Gasteiger partial charge in [-0.3, -0.25) is 9.59 Å². The molecule has 5 heteroatoms. The number of Topliss-reactive ketones (excluding diaryl/α,β-unsaturated/α-hetero) is 2. The lowest BCUT2D eigenvalue weighted by atomic mass is 9.71. The van der Waals surface area contributed by atoms with E-state index in [1.807, 2.05) is 33.0 Å². The first-order chi connectivity index (χ1) is 15.5. The van der Waals surface area contributed by atoms with Crippen molar-refractivity contribution in [2.45, 2.75) is 64.7 Å². The van der Waals surface area contributed by atoms with Crippen molar-refractivity contribution in [3.63, 3.8) is 0 Å². The molecule has 170 valence electrons. The summed E-state index contributed by atoms with van der Waals surface area (Å²) in [5.74, 6) is 1.36. The van der Waals surface area contributed by atoms with Crippen LogP contribution >= 0.6 is 0 Å². The second kappa shape index (κ2) is 9.35. The zero-order valence-electron chi connectivity index (χ0n) is 19.5. The van der Waals surface area contributed by atoms with Gasteiger partial charge in [-0.2, -0.15) is 0 Å². The van der Waals surface area contributed by atoms with Gasteiger partial charge in [0, 0.05) is 53.9 Å². The van der Waals surface area contributed by atoms with Crippen LogP contribution in [0.5, 0.6) is 11.5 Å². The number of ether oxygens (including phenoxy) is 2. The molecule has 5 nitrogen and oxygen atoms in total. The molecule has 0 saturated carbocycles. The average Bonchev–Trinajstić information content (AvgIpc) is 2.77. The van der Waals surface area contributed by atoms with Gasteiger partial charge in [-0.15, -0.1) is 6.58 Å². The summed E-state index contributed by atoms with van der Waals surface area (Å²) >= 11 is 0. The Hall–Kier alpha value is -2.82. The molecule has 3 aliphatic rings. The first kappa shape index (κ1) is 22.4. The number of carbonyl (C=O) groups is 2. The van der Waals surface area contributed by atoms with Gasteiger partial charge in [-0.25, -0.2) is 0 Å². The summed E-state index contributed by atoms with van der Waals surface area (Å²) < 4.78 is 11.9. The number of nitrogens with zero attached hydrogens (tertiary/aromatic N) is 1. The van der Waals surface area contributed by atoms with Gasteiger partial charge in [0.2, 0.25) is 0 Å². The van der Waals surface area contributed by atoms with Crippen molar-refractivity contribution in [3.05, 3.63) is 58.5 Å². The summed E-state index contributed by atoms with van der Waals surface area (Å²) in [5.41, 5.74) is 5.66. The summed E-state index contributed by atoms with van der Waals surface area (Å²) in [6.45, 7) is 8.84. The van der Waals surface area contributed by atoms with E-state index in [1.54, 1.807) is 0 Å². The SMILES string of the molecule is C=CCc1cc(C2C3=C(CCCC3=O)N(C)C3=C2C(=O)CCC3)cc(OCC)c1OCC. The summed E-state index contributed by atoms with van der Waals surface area (Å²) in [7, 11) is 2.02. The molecule has 1 aliphatic heterocycles. The van der Waals surface area contributed by atoms with E-state index in [4.69, 9.17) is 9.47 Å². The maximum atomic E-state index is 13.2. The van der Waals surface area contributed by atoms with E-state index < -0.39 is 0 Å². The lowest BCUT2D eigenvalue weighted by Crippen LogP contribution is -2.37. The van der Waals surface area contributed by atoms with Gasteiger partial charge >= 0.3 is 0 Å². The van der Waals surface area contributed by atoms with Crippen LogP contribution in [-0.4, -0.2) is 36.7 Å². The minimum Gasteiger partial charge on any atom is -0.490 e. The number of allylic oxidation sites excluding steroid dienone is 5. The highest BCUT2D eigenvalue weighted by Gasteiger charge is 2.42. The molecular formula is C27H33NO4. The number of hydrogen-bond donors (Lipinski definition) is 0. The van der Waals surface area contributed by atoms with Gasteiger partial charge in [0.1, 0.15) is 0 Å². The van der Waals surface area contributed by atoms with E-state index in [0.717, 1.165) is 65.1 Å². The number of hydrogen-bond acceptors (Lipinski definition) is 5. The number of benzene rings is 1. The molecule has 1 aromatic rings. The second-order valence-corrected chi connectivity index (χ2v) is 8.63. The maximum Gasteiger partial charge on any atom is 0.164 e. The first-order valence-electron chi connectivity index (χ1n) is 11.8. The van der Waals surface area contributed by atoms with Crippen LogP contribution in [0.3, 0.4) is 0 Å². The van der Waals surface area contributed by atoms with E-state index >= 15 is 0 Å². The van der Waals surface area contributed by atoms with Crippen molar-refractivity contribution < 1.29 is 19.1 Å². The van der Waals surface area contributed by atoms with Gasteiger partial charge in [0.05, 0.1) is 13.2 Å². The highest BCUT2D eigenvalue weighted by Crippen LogP contribution is 2.50. The van der Waals surface area contributed by atoms with E-state index in [0.29, 0.717) is 38.2 Å². The number of rotatable bonds is 7. The zero-order valence-corrected chi connectivity index (χ0v) is 19.5. The van der Waals surface area contributed by atoms with Crippen molar-refractivity contribution in [2.24, 2.45) is 0 Å². The van der Waals surface area contributed by atoms with Crippen LogP contribution in [0, 0.1) is 0 Å². The topological polar surface area (TPSA) is 55.8 Å². The minimum absolute atomic E-state index is 0.158. The summed E-state index contributed by atoms with van der Waals surface area (Å²) in [6, 6.07) is 4.07. The molecule has 0 unspecified atom stereocenters. The molecule has 0 bridgehead atoms. The van der Waals surface area contributed by atoms with Crippen molar-refractivity contribution in [2.75, 3.05) is 20.3 Å². The molecule has 0 radical (unpaired) electrons. The van der Waals surface area contributed by atoms with Crippen LogP contribution in [-0.2, 0) is 16.0 Å². The average molecular weight is 436 g/mol. The Balaban J connectivity index is 1.97. The lowest BCUT2D eigenvalue weighted by molar-refractivity contribution is -0.117. The maximum absolute atomic E-state index is 13.2. The van der Waals surface area contributed by atoms with Crippen molar-refractivity contribution in [1.82, 2.24) is 4.90 Å². The molecule has 0 N–H and O–H groups in total. The van der Waals surface area contributed by atoms with Crippen LogP contribution in [0.2, 0.25) is 0 Å². The predicted molar refractivity (Wildman–Crippen MR) is 125 cm³/mol. The highest BCUT2D eigenvalue weighted by atomic mass is 16.5. The number of ketones is 2. The molecule has 0 saturated heterocycles. The molecule has 2 aliphatic carbocycles. The fourth-order valence-electron chi connectivity index (χ4n) is 5.41. The highest BCUT2D eigenvalue weighted by molar-refractivity contribution is 6.06. The third kappa shape index (κ3) is 3.78. The van der Waals surface area contributed by atoms with Crippen LogP contribution in [0.4, 0.5) is 0 Å². The quantitative estimate of drug-likeness (QED) is 0.547. The molecular weight excluding hydrogens is 402 g/mol. The van der Waals surface area contributed by atoms with E-state index in [-0.39, 0.29) is 17.5 Å². The van der Waals surface area contributed by atoms with Crippen LogP contribution in [0.15, 0.2) is 47.3 Å². The summed E-state index contributed by atoms with van der Waals surface area (Å²) in [4.78, 5) is 28.6. The molecule has 1 heterocycles. The molecule has 0 atom stereocenters. The lowest BCUT2D eigenvalue weighted by Gasteiger charge is -2.42. The molecule has 32 heavy (non-hydrogen) atoms. The van der Waals surface area contributed by atoms with E-state index in [9.17, 15) is 9.59 Å². The Bertz CT molecular complexity index is 973. The van der Waals surface area contributed by atoms with E-state index in [2.05, 4.69) is 17.5 Å². The van der Waals surface area contributed by atoms with Crippen LogP contribution in [0.25, 0.3) is 0 Å². The third-order valence-corrected chi connectivity index (χ3v) is 6.68. The monoisotopic (exact) mass is 435 g/mol. The molecule has 1 aromatic carbocycles. The van der Waals surface area contributed by atoms with Gasteiger partial charge < -0.3 is 14.4 Å². The molecule has 4 rings (SSSR count). The molecule has 0 fully saturated rings. The smallest absolute Gasteiger partial charge is 0.164 e. The Labute approximate surface area is 190 Å². The Morgan fingerprint density at radius 1 is 0.969 bits per heavy atom. The van der Waals surface area contributed by atoms with Crippen molar-refractivity contribution in [1.29, 1.82) is 0 Å². The van der Waals surface area contributed by atoms with E-state index in [1.165, 1.54) is 0 Å². The Morgan fingerprint density at radius 3 is 2.09 bits per heavy atom. The molecule has 0 amide bonds. The summed E-state index contributed by atoms with van der Waals surface area (Å²) in [6.07, 6.45) is 7.00. The van der Waals surface area contributed by atoms with Crippen molar-refractivity contribution >= 4 is 11.6 Å². The van der Waals surface area contributed by atoms with Gasteiger partial charge in [0.25, 0.3) is 0 Å². The van der Waals surface area contributed by atoms with Gasteiger partial charge in [-0.05, 0) is 57.6 Å². The van der Waals surface area contributed by atoms with Gasteiger partial charge in [-0.1, -0.05) is 12.1 Å². The second-order valence-electron chi connectivity index (χ2n) is 8.63. The largest absolute Gasteiger partial charge is 0.490 e. The van der Waals surface area contributed by atoms with Crippen LogP contribution < -0.4 is 9.47 Å². The number of carbonyl (C=O) groups excluding carboxylic acids is 2. The Kier molecular flexibility index (Phi) is 6.54. The summed E-state index contributed by atoms with van der Waals surface area (Å²) in [5, 5.41) is 0. The fourth-order valence-corrected chi connectivity index (χ4v) is 5.41. The Morgan fingerprint density at radius 2 is 1.56 bits per heavy atom. The normalized spacial score (nSPS) is 19.2. The standard InChI is InChI=1S/C27H33NO4/c1-5-10-17-15-18(16-23(31-6-2)27(17)32-7-3)24-25-19(11-8-13-21(25)29)28(4)20-12-9-14-22(30)26(20)24/h5,15-16,24H,1,6-14H2,2-4H3. The van der Waals surface area contributed by atoms with Crippen LogP contribution in [0.1, 0.15) is 69.4 Å². The third-order valence-electron chi connectivity index (χ3n) is 6.68.